The van der Waals surface area contributed by atoms with Crippen LogP contribution in [0.15, 0.2) is 62.7 Å². The number of guanidine groups is 1. The van der Waals surface area contributed by atoms with E-state index in [1.165, 1.54) is 6.26 Å². The highest BCUT2D eigenvalue weighted by Crippen LogP contribution is 2.22. The summed E-state index contributed by atoms with van der Waals surface area (Å²) in [6, 6.07) is 10.8. The first-order valence-electron chi connectivity index (χ1n) is 10.3. The minimum Gasteiger partial charge on any atom is -0.459 e. The highest BCUT2D eigenvalue weighted by molar-refractivity contribution is 14.0. The Morgan fingerprint density at radius 3 is 2.62 bits per heavy atom. The van der Waals surface area contributed by atoms with Crippen LogP contribution in [-0.2, 0) is 18.5 Å². The molecule has 1 amide bonds. The molecule has 2 heterocycles. The first kappa shape index (κ1) is 25.4. The third-order valence-corrected chi connectivity index (χ3v) is 4.39. The van der Waals surface area contributed by atoms with Crippen LogP contribution in [0.3, 0.4) is 0 Å². The molecular formula is C23H30IN5O3. The van der Waals surface area contributed by atoms with Crippen molar-refractivity contribution in [2.75, 3.05) is 11.9 Å². The number of nitrogens with one attached hydrogen (secondary N) is 3. The lowest BCUT2D eigenvalue weighted by molar-refractivity contribution is 0.0996. The topological polar surface area (TPSA) is 105 Å². The summed E-state index contributed by atoms with van der Waals surface area (Å²) in [6.07, 6.45) is 3.24. The predicted octanol–water partition coefficient (Wildman–Crippen LogP) is 4.69. The van der Waals surface area contributed by atoms with Gasteiger partial charge < -0.3 is 24.8 Å². The van der Waals surface area contributed by atoms with Gasteiger partial charge in [-0.3, -0.25) is 4.79 Å². The quantitative estimate of drug-likeness (QED) is 0.224. The molecule has 32 heavy (non-hydrogen) atoms. The normalized spacial score (nSPS) is 11.6. The highest BCUT2D eigenvalue weighted by atomic mass is 127. The summed E-state index contributed by atoms with van der Waals surface area (Å²) in [6.45, 7) is 9.86. The maximum atomic E-state index is 12.2. The van der Waals surface area contributed by atoms with E-state index in [1.807, 2.05) is 31.2 Å². The number of halogens is 1. The molecule has 0 aliphatic carbocycles. The van der Waals surface area contributed by atoms with Gasteiger partial charge in [-0.25, -0.2) is 9.98 Å². The van der Waals surface area contributed by atoms with Crippen LogP contribution in [0, 0.1) is 0 Å². The molecule has 1 aromatic carbocycles. The second kappa shape index (κ2) is 11.7. The number of oxazole rings is 1. The van der Waals surface area contributed by atoms with Crippen LogP contribution in [0.1, 0.15) is 55.5 Å². The molecule has 0 bridgehead atoms. The van der Waals surface area contributed by atoms with Crippen LogP contribution in [0.5, 0.6) is 0 Å². The fourth-order valence-electron chi connectivity index (χ4n) is 2.76. The van der Waals surface area contributed by atoms with Crippen LogP contribution in [0.4, 0.5) is 5.69 Å². The Balaban J connectivity index is 0.00000363. The van der Waals surface area contributed by atoms with Gasteiger partial charge in [-0.2, -0.15) is 0 Å². The molecular weight excluding hydrogens is 521 g/mol. The van der Waals surface area contributed by atoms with E-state index < -0.39 is 0 Å². The second-order valence-electron chi connectivity index (χ2n) is 8.05. The minimum atomic E-state index is -0.291. The van der Waals surface area contributed by atoms with Crippen molar-refractivity contribution >= 4 is 41.5 Å². The smallest absolute Gasteiger partial charge is 0.291 e. The minimum absolute atomic E-state index is 0. The zero-order valence-corrected chi connectivity index (χ0v) is 21.1. The molecule has 0 aliphatic heterocycles. The van der Waals surface area contributed by atoms with Crippen molar-refractivity contribution in [1.82, 2.24) is 15.6 Å². The van der Waals surface area contributed by atoms with Gasteiger partial charge >= 0.3 is 0 Å². The Morgan fingerprint density at radius 1 is 1.16 bits per heavy atom. The summed E-state index contributed by atoms with van der Waals surface area (Å²) in [4.78, 5) is 21.1. The maximum absolute atomic E-state index is 12.2. The third kappa shape index (κ3) is 7.40. The van der Waals surface area contributed by atoms with Crippen molar-refractivity contribution in [3.05, 3.63) is 71.8 Å². The van der Waals surface area contributed by atoms with Crippen molar-refractivity contribution < 1.29 is 13.6 Å². The van der Waals surface area contributed by atoms with E-state index in [0.717, 1.165) is 17.9 Å². The molecule has 0 saturated carbocycles. The molecule has 8 nitrogen and oxygen atoms in total. The number of amides is 1. The van der Waals surface area contributed by atoms with Gasteiger partial charge in [0.05, 0.1) is 25.5 Å². The second-order valence-corrected chi connectivity index (χ2v) is 8.05. The molecule has 0 atom stereocenters. The predicted molar refractivity (Wildman–Crippen MR) is 135 cm³/mol. The Hall–Kier alpha value is -2.82. The van der Waals surface area contributed by atoms with E-state index in [1.54, 1.807) is 18.3 Å². The summed E-state index contributed by atoms with van der Waals surface area (Å²) >= 11 is 0. The Morgan fingerprint density at radius 2 is 1.97 bits per heavy atom. The molecule has 0 radical (unpaired) electrons. The number of rotatable bonds is 7. The number of hydrogen-bond donors (Lipinski definition) is 3. The number of benzene rings is 1. The van der Waals surface area contributed by atoms with E-state index >= 15 is 0 Å². The molecule has 0 saturated heterocycles. The number of carbonyl (C=O) groups excluding carboxylic acids is 1. The molecule has 3 N–H and O–H groups in total. The number of furan rings is 1. The average Bonchev–Trinajstić information content (AvgIpc) is 3.42. The summed E-state index contributed by atoms with van der Waals surface area (Å²) in [5.41, 5.74) is 1.56. The van der Waals surface area contributed by atoms with E-state index in [4.69, 9.17) is 8.83 Å². The van der Waals surface area contributed by atoms with Crippen LogP contribution in [0.25, 0.3) is 0 Å². The fourth-order valence-corrected chi connectivity index (χ4v) is 2.76. The van der Waals surface area contributed by atoms with Gasteiger partial charge in [-0.05, 0) is 36.8 Å². The van der Waals surface area contributed by atoms with E-state index in [-0.39, 0.29) is 41.1 Å². The van der Waals surface area contributed by atoms with Gasteiger partial charge in [0.25, 0.3) is 5.91 Å². The Kier molecular flexibility index (Phi) is 9.30. The molecule has 172 valence electrons. The van der Waals surface area contributed by atoms with Crippen LogP contribution in [0.2, 0.25) is 0 Å². The number of aromatic nitrogens is 1. The fraction of sp³-hybridized carbons (Fsp3) is 0.348. The monoisotopic (exact) mass is 551 g/mol. The van der Waals surface area contributed by atoms with Crippen molar-refractivity contribution in [2.45, 2.75) is 46.2 Å². The van der Waals surface area contributed by atoms with Crippen molar-refractivity contribution in [2.24, 2.45) is 4.99 Å². The molecule has 9 heteroatoms. The number of carbonyl (C=O) groups is 1. The highest BCUT2D eigenvalue weighted by Gasteiger charge is 2.19. The summed E-state index contributed by atoms with van der Waals surface area (Å²) in [5, 5.41) is 9.28. The first-order chi connectivity index (χ1) is 14.8. The molecule has 3 aromatic rings. The maximum Gasteiger partial charge on any atom is 0.291 e. The number of anilines is 1. The van der Waals surface area contributed by atoms with Crippen LogP contribution < -0.4 is 16.0 Å². The van der Waals surface area contributed by atoms with Gasteiger partial charge in [0.1, 0.15) is 5.76 Å². The van der Waals surface area contributed by atoms with Gasteiger partial charge in [0.15, 0.2) is 11.7 Å². The zero-order chi connectivity index (χ0) is 22.3. The number of aliphatic imine (C=N–C) groups is 1. The van der Waals surface area contributed by atoms with Gasteiger partial charge in [0.2, 0.25) is 5.89 Å². The lowest BCUT2D eigenvalue weighted by Crippen LogP contribution is -2.36. The van der Waals surface area contributed by atoms with E-state index in [9.17, 15) is 4.79 Å². The molecule has 0 spiro atoms. The van der Waals surface area contributed by atoms with Crippen molar-refractivity contribution in [1.29, 1.82) is 0 Å². The van der Waals surface area contributed by atoms with Gasteiger partial charge in [-0.15, -0.1) is 24.0 Å². The Labute approximate surface area is 205 Å². The summed E-state index contributed by atoms with van der Waals surface area (Å²) in [7, 11) is 0. The molecule has 0 unspecified atom stereocenters. The third-order valence-electron chi connectivity index (χ3n) is 4.39. The summed E-state index contributed by atoms with van der Waals surface area (Å²) < 4.78 is 10.9. The number of hydrogen-bond acceptors (Lipinski definition) is 5. The van der Waals surface area contributed by atoms with Gasteiger partial charge in [-0.1, -0.05) is 32.9 Å². The Bertz CT molecular complexity index is 1020. The van der Waals surface area contributed by atoms with E-state index in [2.05, 4.69) is 46.7 Å². The molecule has 0 fully saturated rings. The molecule has 2 aromatic heterocycles. The largest absolute Gasteiger partial charge is 0.459 e. The molecule has 3 rings (SSSR count). The first-order valence-corrected chi connectivity index (χ1v) is 10.3. The SMILES string of the molecule is CCNC(=NCc1cccc(NC(=O)c2ccco2)c1)NCc1ncc(C(C)(C)C)o1.I. The average molecular weight is 551 g/mol. The van der Waals surface area contributed by atoms with E-state index in [0.29, 0.717) is 30.6 Å². The molecule has 0 aliphatic rings. The lowest BCUT2D eigenvalue weighted by Gasteiger charge is -2.13. The van der Waals surface area contributed by atoms with Crippen molar-refractivity contribution in [3.8, 4) is 0 Å². The standard InChI is InChI=1S/C23H29N5O3.HI/c1-5-24-22(27-15-20-25-14-19(31-20)23(2,3)4)26-13-16-8-6-9-17(12-16)28-21(29)18-10-7-11-30-18;/h6-12,14H,5,13,15H2,1-4H3,(H,28,29)(H2,24,26,27);1H. The summed E-state index contributed by atoms with van der Waals surface area (Å²) in [5.74, 6) is 2.09. The van der Waals surface area contributed by atoms with Gasteiger partial charge in [0, 0.05) is 17.6 Å². The zero-order valence-electron chi connectivity index (χ0n) is 18.8. The number of nitrogens with zero attached hydrogens (tertiary/aromatic N) is 2. The lowest BCUT2D eigenvalue weighted by atomic mass is 9.94. The van der Waals surface area contributed by atoms with Crippen molar-refractivity contribution in [3.63, 3.8) is 0 Å². The van der Waals surface area contributed by atoms with Crippen LogP contribution >= 0.6 is 24.0 Å². The van der Waals surface area contributed by atoms with Crippen LogP contribution in [-0.4, -0.2) is 23.4 Å².